The molecule has 0 amide bonds. The van der Waals surface area contributed by atoms with Crippen molar-refractivity contribution in [2.24, 2.45) is 5.73 Å². The van der Waals surface area contributed by atoms with E-state index in [2.05, 4.69) is 4.98 Å². The molecule has 0 saturated carbocycles. The van der Waals surface area contributed by atoms with Crippen LogP contribution in [-0.4, -0.2) is 29.8 Å². The van der Waals surface area contributed by atoms with E-state index in [1.54, 1.807) is 13.1 Å². The number of aromatic nitrogens is 1. The van der Waals surface area contributed by atoms with Crippen LogP contribution in [0.25, 0.3) is 0 Å². The zero-order valence-corrected chi connectivity index (χ0v) is 8.64. The lowest BCUT2D eigenvalue weighted by Crippen LogP contribution is -2.26. The van der Waals surface area contributed by atoms with Gasteiger partial charge >= 0.3 is 0 Å². The van der Waals surface area contributed by atoms with E-state index in [1.165, 1.54) is 0 Å². The fraction of sp³-hybridized carbons (Fsp3) is 0.500. The summed E-state index contributed by atoms with van der Waals surface area (Å²) in [5.41, 5.74) is 7.30. The average Bonchev–Trinajstić information content (AvgIpc) is 2.17. The highest BCUT2D eigenvalue weighted by atomic mass is 16.3. The minimum Gasteiger partial charge on any atom is -0.392 e. The molecule has 0 radical (unpaired) electrons. The first-order chi connectivity index (χ1) is 6.63. The summed E-state index contributed by atoms with van der Waals surface area (Å²) in [5, 5.41) is 9.20. The summed E-state index contributed by atoms with van der Waals surface area (Å²) < 4.78 is 0. The molecule has 0 aliphatic carbocycles. The van der Waals surface area contributed by atoms with Gasteiger partial charge < -0.3 is 15.7 Å². The minimum atomic E-state index is -0.339. The van der Waals surface area contributed by atoms with Crippen LogP contribution in [0.1, 0.15) is 12.6 Å². The molecular formula is C10H17N3O. The minimum absolute atomic E-state index is 0.339. The second-order valence-corrected chi connectivity index (χ2v) is 3.44. The van der Waals surface area contributed by atoms with E-state index in [4.69, 9.17) is 5.73 Å². The molecule has 1 atom stereocenters. The van der Waals surface area contributed by atoms with Crippen LogP contribution in [0.3, 0.4) is 0 Å². The number of rotatable bonds is 4. The van der Waals surface area contributed by atoms with Gasteiger partial charge in [0.15, 0.2) is 0 Å². The topological polar surface area (TPSA) is 62.4 Å². The molecule has 0 aliphatic heterocycles. The molecule has 1 heterocycles. The zero-order valence-electron chi connectivity index (χ0n) is 8.64. The highest BCUT2D eigenvalue weighted by Gasteiger charge is 2.04. The third-order valence-corrected chi connectivity index (χ3v) is 2.00. The van der Waals surface area contributed by atoms with Crippen molar-refractivity contribution in [3.8, 4) is 0 Å². The van der Waals surface area contributed by atoms with Crippen LogP contribution in [0.4, 0.5) is 5.69 Å². The molecule has 1 rings (SSSR count). The highest BCUT2D eigenvalue weighted by Crippen LogP contribution is 2.11. The van der Waals surface area contributed by atoms with Crippen molar-refractivity contribution in [3.05, 3.63) is 24.0 Å². The molecular weight excluding hydrogens is 178 g/mol. The van der Waals surface area contributed by atoms with Crippen molar-refractivity contribution in [2.45, 2.75) is 19.6 Å². The Morgan fingerprint density at radius 3 is 2.71 bits per heavy atom. The van der Waals surface area contributed by atoms with Crippen LogP contribution >= 0.6 is 0 Å². The summed E-state index contributed by atoms with van der Waals surface area (Å²) in [4.78, 5) is 6.13. The summed E-state index contributed by atoms with van der Waals surface area (Å²) in [6, 6.07) is 3.85. The number of aliphatic hydroxyl groups excluding tert-OH is 1. The normalized spacial score (nSPS) is 12.6. The number of aliphatic hydroxyl groups is 1. The van der Waals surface area contributed by atoms with Gasteiger partial charge in [0.25, 0.3) is 0 Å². The quantitative estimate of drug-likeness (QED) is 0.728. The molecule has 78 valence electrons. The maximum Gasteiger partial charge on any atom is 0.0686 e. The molecule has 4 nitrogen and oxygen atoms in total. The van der Waals surface area contributed by atoms with Crippen molar-refractivity contribution < 1.29 is 5.11 Å². The van der Waals surface area contributed by atoms with Crippen LogP contribution < -0.4 is 10.6 Å². The van der Waals surface area contributed by atoms with Crippen molar-refractivity contribution in [1.29, 1.82) is 0 Å². The molecule has 0 aromatic carbocycles. The molecule has 14 heavy (non-hydrogen) atoms. The van der Waals surface area contributed by atoms with E-state index in [-0.39, 0.29) is 6.10 Å². The van der Waals surface area contributed by atoms with Crippen molar-refractivity contribution in [3.63, 3.8) is 0 Å². The molecule has 0 saturated heterocycles. The second kappa shape index (κ2) is 4.93. The second-order valence-electron chi connectivity index (χ2n) is 3.44. The van der Waals surface area contributed by atoms with Crippen LogP contribution in [0.15, 0.2) is 18.3 Å². The molecule has 0 fully saturated rings. The number of nitrogens with two attached hydrogens (primary N) is 1. The van der Waals surface area contributed by atoms with E-state index in [9.17, 15) is 5.11 Å². The van der Waals surface area contributed by atoms with Gasteiger partial charge in [-0.05, 0) is 19.1 Å². The number of nitrogens with zero attached hydrogens (tertiary/aromatic N) is 2. The third kappa shape index (κ3) is 2.97. The first kappa shape index (κ1) is 10.9. The fourth-order valence-electron chi connectivity index (χ4n) is 1.26. The van der Waals surface area contributed by atoms with Gasteiger partial charge in [0.1, 0.15) is 0 Å². The molecule has 0 spiro atoms. The standard InChI is InChI=1S/C10H17N3O/c1-8(14)7-13(2)10-4-3-9(5-11)12-6-10/h3-4,6,8,14H,5,7,11H2,1-2H3. The van der Waals surface area contributed by atoms with Gasteiger partial charge in [0, 0.05) is 20.1 Å². The van der Waals surface area contributed by atoms with E-state index in [0.717, 1.165) is 11.4 Å². The van der Waals surface area contributed by atoms with Crippen LogP contribution in [0.2, 0.25) is 0 Å². The Bertz CT molecular complexity index is 271. The van der Waals surface area contributed by atoms with Gasteiger partial charge in [-0.15, -0.1) is 0 Å². The SMILES string of the molecule is CC(O)CN(C)c1ccc(CN)nc1. The first-order valence-corrected chi connectivity index (χ1v) is 4.67. The van der Waals surface area contributed by atoms with Crippen molar-refractivity contribution in [2.75, 3.05) is 18.5 Å². The van der Waals surface area contributed by atoms with E-state index < -0.39 is 0 Å². The summed E-state index contributed by atoms with van der Waals surface area (Å²) in [6.07, 6.45) is 1.43. The number of pyridine rings is 1. The Labute approximate surface area is 84.4 Å². The molecule has 1 unspecified atom stereocenters. The smallest absolute Gasteiger partial charge is 0.0686 e. The molecule has 3 N–H and O–H groups in total. The Kier molecular flexibility index (Phi) is 3.85. The van der Waals surface area contributed by atoms with Gasteiger partial charge in [0.05, 0.1) is 23.7 Å². The predicted molar refractivity (Wildman–Crippen MR) is 57.1 cm³/mol. The lowest BCUT2D eigenvalue weighted by Gasteiger charge is -2.20. The lowest BCUT2D eigenvalue weighted by atomic mass is 10.3. The van der Waals surface area contributed by atoms with Gasteiger partial charge in [-0.25, -0.2) is 0 Å². The lowest BCUT2D eigenvalue weighted by molar-refractivity contribution is 0.201. The van der Waals surface area contributed by atoms with Gasteiger partial charge in [-0.2, -0.15) is 0 Å². The summed E-state index contributed by atoms with van der Waals surface area (Å²) >= 11 is 0. The Balaban J connectivity index is 2.66. The highest BCUT2D eigenvalue weighted by molar-refractivity contribution is 5.43. The Morgan fingerprint density at radius 1 is 1.57 bits per heavy atom. The first-order valence-electron chi connectivity index (χ1n) is 4.67. The maximum absolute atomic E-state index is 9.20. The molecule has 0 bridgehead atoms. The third-order valence-electron chi connectivity index (χ3n) is 2.00. The predicted octanol–water partition coefficient (Wildman–Crippen LogP) is 0.357. The number of likely N-dealkylation sites (N-methyl/N-ethyl adjacent to an activating group) is 1. The summed E-state index contributed by atoms with van der Waals surface area (Å²) in [7, 11) is 1.92. The Morgan fingerprint density at radius 2 is 2.29 bits per heavy atom. The van der Waals surface area contributed by atoms with Gasteiger partial charge in [0.2, 0.25) is 0 Å². The van der Waals surface area contributed by atoms with E-state index >= 15 is 0 Å². The maximum atomic E-state index is 9.20. The number of hydrogen-bond donors (Lipinski definition) is 2. The molecule has 0 aliphatic rings. The van der Waals surface area contributed by atoms with Crippen molar-refractivity contribution in [1.82, 2.24) is 4.98 Å². The van der Waals surface area contributed by atoms with Gasteiger partial charge in [-0.3, -0.25) is 4.98 Å². The molecule has 1 aromatic heterocycles. The van der Waals surface area contributed by atoms with Gasteiger partial charge in [-0.1, -0.05) is 0 Å². The van der Waals surface area contributed by atoms with Crippen LogP contribution in [0.5, 0.6) is 0 Å². The largest absolute Gasteiger partial charge is 0.392 e. The molecule has 1 aromatic rings. The fourth-order valence-corrected chi connectivity index (χ4v) is 1.26. The summed E-state index contributed by atoms with van der Waals surface area (Å²) in [5.74, 6) is 0. The van der Waals surface area contributed by atoms with Crippen LogP contribution in [-0.2, 0) is 6.54 Å². The van der Waals surface area contributed by atoms with Crippen LogP contribution in [0, 0.1) is 0 Å². The number of hydrogen-bond acceptors (Lipinski definition) is 4. The molecule has 4 heteroatoms. The number of anilines is 1. The average molecular weight is 195 g/mol. The zero-order chi connectivity index (χ0) is 10.6. The Hall–Kier alpha value is -1.13. The monoisotopic (exact) mass is 195 g/mol. The van der Waals surface area contributed by atoms with E-state index in [1.807, 2.05) is 24.1 Å². The summed E-state index contributed by atoms with van der Waals surface area (Å²) in [6.45, 7) is 2.82. The van der Waals surface area contributed by atoms with E-state index in [0.29, 0.717) is 13.1 Å². The van der Waals surface area contributed by atoms with Crippen molar-refractivity contribution >= 4 is 5.69 Å².